The second-order valence-electron chi connectivity index (χ2n) is 6.35. The van der Waals surface area contributed by atoms with Gasteiger partial charge in [-0.3, -0.25) is 4.79 Å². The minimum absolute atomic E-state index is 0.152. The molecule has 1 aliphatic carbocycles. The predicted octanol–water partition coefficient (Wildman–Crippen LogP) is 3.17. The monoisotopic (exact) mass is 327 g/mol. The van der Waals surface area contributed by atoms with E-state index in [1.165, 1.54) is 6.42 Å². The van der Waals surface area contributed by atoms with Crippen LogP contribution in [-0.2, 0) is 6.54 Å². The number of urea groups is 1. The van der Waals surface area contributed by atoms with E-state index in [1.54, 1.807) is 36.2 Å². The molecule has 1 fully saturated rings. The lowest BCUT2D eigenvalue weighted by Gasteiger charge is -2.16. The summed E-state index contributed by atoms with van der Waals surface area (Å²) >= 11 is 0. The maximum atomic E-state index is 12.5. The average molecular weight is 327 g/mol. The number of carbonyl (C=O) groups excluding carboxylic acids is 2. The number of rotatable bonds is 5. The Kier molecular flexibility index (Phi) is 4.29. The molecule has 0 saturated heterocycles. The van der Waals surface area contributed by atoms with Crippen LogP contribution in [0.25, 0.3) is 0 Å². The number of furan rings is 1. The lowest BCUT2D eigenvalue weighted by Crippen LogP contribution is -2.26. The standard InChI is InChI=1S/C18H21N3O3/c1-11-8-15(11)16-7-6-14(24-16)10-21(2)17(22)12-4-3-5-13(9-12)20-18(19)23/h3-7,9,11,15H,8,10H2,1-2H3,(H3,19,20,23)/t11-,15+/m1/s1. The minimum Gasteiger partial charge on any atom is -0.464 e. The van der Waals surface area contributed by atoms with Gasteiger partial charge in [0.1, 0.15) is 11.5 Å². The van der Waals surface area contributed by atoms with Gasteiger partial charge in [0.05, 0.1) is 6.54 Å². The Morgan fingerprint density at radius 3 is 2.75 bits per heavy atom. The topological polar surface area (TPSA) is 88.6 Å². The van der Waals surface area contributed by atoms with Crippen molar-refractivity contribution in [2.24, 2.45) is 11.7 Å². The maximum Gasteiger partial charge on any atom is 0.316 e. The van der Waals surface area contributed by atoms with E-state index in [0.717, 1.165) is 11.5 Å². The molecule has 1 heterocycles. The summed E-state index contributed by atoms with van der Waals surface area (Å²) in [7, 11) is 1.72. The molecule has 0 bridgehead atoms. The van der Waals surface area contributed by atoms with Gasteiger partial charge < -0.3 is 20.4 Å². The molecule has 126 valence electrons. The molecule has 1 aliphatic rings. The highest BCUT2D eigenvalue weighted by atomic mass is 16.3. The Labute approximate surface area is 140 Å². The quantitative estimate of drug-likeness (QED) is 0.884. The van der Waals surface area contributed by atoms with Crippen molar-refractivity contribution in [1.82, 2.24) is 4.90 Å². The van der Waals surface area contributed by atoms with E-state index in [1.807, 2.05) is 12.1 Å². The molecule has 3 rings (SSSR count). The lowest BCUT2D eigenvalue weighted by atomic mass is 10.1. The average Bonchev–Trinajstić information content (AvgIpc) is 3.08. The normalized spacial score (nSPS) is 18.9. The molecular weight excluding hydrogens is 306 g/mol. The van der Waals surface area contributed by atoms with Crippen molar-refractivity contribution in [1.29, 1.82) is 0 Å². The molecule has 0 aliphatic heterocycles. The number of hydrogen-bond acceptors (Lipinski definition) is 3. The zero-order chi connectivity index (χ0) is 17.3. The van der Waals surface area contributed by atoms with Crippen LogP contribution in [0.5, 0.6) is 0 Å². The van der Waals surface area contributed by atoms with Crippen molar-refractivity contribution < 1.29 is 14.0 Å². The van der Waals surface area contributed by atoms with E-state index < -0.39 is 6.03 Å². The molecule has 6 nitrogen and oxygen atoms in total. The van der Waals surface area contributed by atoms with Crippen molar-refractivity contribution in [2.75, 3.05) is 12.4 Å². The van der Waals surface area contributed by atoms with Crippen molar-refractivity contribution in [3.63, 3.8) is 0 Å². The first-order valence-electron chi connectivity index (χ1n) is 7.94. The molecular formula is C18H21N3O3. The molecule has 1 saturated carbocycles. The van der Waals surface area contributed by atoms with Crippen LogP contribution >= 0.6 is 0 Å². The Hall–Kier alpha value is -2.76. The van der Waals surface area contributed by atoms with Crippen LogP contribution in [0.1, 0.15) is 41.1 Å². The zero-order valence-corrected chi connectivity index (χ0v) is 13.8. The Morgan fingerprint density at radius 1 is 1.33 bits per heavy atom. The highest BCUT2D eigenvalue weighted by Gasteiger charge is 2.36. The summed E-state index contributed by atoms with van der Waals surface area (Å²) in [5.74, 6) is 2.83. The number of hydrogen-bond donors (Lipinski definition) is 2. The Balaban J connectivity index is 1.66. The van der Waals surface area contributed by atoms with Gasteiger partial charge >= 0.3 is 6.03 Å². The fourth-order valence-electron chi connectivity index (χ4n) is 2.80. The number of primary amides is 1. The van der Waals surface area contributed by atoms with E-state index in [9.17, 15) is 9.59 Å². The van der Waals surface area contributed by atoms with Crippen LogP contribution in [0.2, 0.25) is 0 Å². The van der Waals surface area contributed by atoms with Crippen LogP contribution in [0.15, 0.2) is 40.8 Å². The van der Waals surface area contributed by atoms with Crippen LogP contribution < -0.4 is 11.1 Å². The smallest absolute Gasteiger partial charge is 0.316 e. The molecule has 1 aromatic heterocycles. The third-order valence-corrected chi connectivity index (χ3v) is 4.27. The van der Waals surface area contributed by atoms with E-state index in [2.05, 4.69) is 12.2 Å². The highest BCUT2D eigenvalue weighted by Crippen LogP contribution is 2.47. The number of nitrogens with two attached hydrogens (primary N) is 1. The van der Waals surface area contributed by atoms with E-state index >= 15 is 0 Å². The molecule has 24 heavy (non-hydrogen) atoms. The molecule has 2 aromatic rings. The first kappa shape index (κ1) is 16.1. The molecule has 0 unspecified atom stereocenters. The van der Waals surface area contributed by atoms with Crippen LogP contribution in [0.4, 0.5) is 10.5 Å². The molecule has 3 N–H and O–H groups in total. The SMILES string of the molecule is C[C@@H]1C[C@@H]1c1ccc(CN(C)C(=O)c2cccc(NC(N)=O)c2)o1. The van der Waals surface area contributed by atoms with Gasteiger partial charge in [-0.2, -0.15) is 0 Å². The summed E-state index contributed by atoms with van der Waals surface area (Å²) < 4.78 is 5.84. The number of nitrogens with one attached hydrogen (secondary N) is 1. The minimum atomic E-state index is -0.662. The molecule has 6 heteroatoms. The second kappa shape index (κ2) is 6.39. The lowest BCUT2D eigenvalue weighted by molar-refractivity contribution is 0.0775. The van der Waals surface area contributed by atoms with Gasteiger partial charge in [0.2, 0.25) is 0 Å². The number of nitrogens with zero attached hydrogens (tertiary/aromatic N) is 1. The summed E-state index contributed by atoms with van der Waals surface area (Å²) in [5.41, 5.74) is 6.06. The molecule has 2 atom stereocenters. The van der Waals surface area contributed by atoms with Crippen LogP contribution in [0.3, 0.4) is 0 Å². The van der Waals surface area contributed by atoms with Crippen molar-refractivity contribution in [3.8, 4) is 0 Å². The summed E-state index contributed by atoms with van der Waals surface area (Å²) in [6.45, 7) is 2.60. The second-order valence-corrected chi connectivity index (χ2v) is 6.35. The first-order valence-corrected chi connectivity index (χ1v) is 7.94. The number of benzene rings is 1. The maximum absolute atomic E-state index is 12.5. The van der Waals surface area contributed by atoms with Crippen LogP contribution in [0, 0.1) is 5.92 Å². The van der Waals surface area contributed by atoms with Gasteiger partial charge in [-0.1, -0.05) is 13.0 Å². The first-order chi connectivity index (χ1) is 11.4. The third-order valence-electron chi connectivity index (χ3n) is 4.27. The molecule has 0 radical (unpaired) electrons. The summed E-state index contributed by atoms with van der Waals surface area (Å²) in [5, 5.41) is 2.47. The Morgan fingerprint density at radius 2 is 2.08 bits per heavy atom. The van der Waals surface area contributed by atoms with Gasteiger partial charge in [0.25, 0.3) is 5.91 Å². The van der Waals surface area contributed by atoms with Crippen molar-refractivity contribution in [2.45, 2.75) is 25.8 Å². The predicted molar refractivity (Wildman–Crippen MR) is 90.7 cm³/mol. The van der Waals surface area contributed by atoms with Gasteiger partial charge in [-0.25, -0.2) is 4.79 Å². The number of amides is 3. The van der Waals surface area contributed by atoms with Crippen molar-refractivity contribution >= 4 is 17.6 Å². The molecule has 3 amide bonds. The molecule has 1 aromatic carbocycles. The summed E-state index contributed by atoms with van der Waals surface area (Å²) in [6.07, 6.45) is 1.17. The van der Waals surface area contributed by atoms with E-state index in [4.69, 9.17) is 10.2 Å². The van der Waals surface area contributed by atoms with Gasteiger partial charge in [-0.15, -0.1) is 0 Å². The van der Waals surface area contributed by atoms with Gasteiger partial charge in [0, 0.05) is 24.2 Å². The Bertz CT molecular complexity index is 768. The number of anilines is 1. The zero-order valence-electron chi connectivity index (χ0n) is 13.8. The largest absolute Gasteiger partial charge is 0.464 e. The fraction of sp³-hybridized carbons (Fsp3) is 0.333. The van der Waals surface area contributed by atoms with E-state index in [-0.39, 0.29) is 5.91 Å². The summed E-state index contributed by atoms with van der Waals surface area (Å²) in [4.78, 5) is 25.0. The van der Waals surface area contributed by atoms with E-state index in [0.29, 0.717) is 29.6 Å². The number of carbonyl (C=O) groups is 2. The van der Waals surface area contributed by atoms with Crippen molar-refractivity contribution in [3.05, 3.63) is 53.5 Å². The molecule has 0 spiro atoms. The third kappa shape index (κ3) is 3.59. The van der Waals surface area contributed by atoms with Gasteiger partial charge in [0.15, 0.2) is 0 Å². The highest BCUT2D eigenvalue weighted by molar-refractivity contribution is 5.96. The summed E-state index contributed by atoms with van der Waals surface area (Å²) in [6, 6.07) is 9.94. The fourth-order valence-corrected chi connectivity index (χ4v) is 2.80. The van der Waals surface area contributed by atoms with Crippen LogP contribution in [-0.4, -0.2) is 23.9 Å². The van der Waals surface area contributed by atoms with Gasteiger partial charge in [-0.05, 0) is 42.7 Å².